The Kier molecular flexibility index (Phi) is 1.10. The Balaban J connectivity index is 0.000000360. The molecule has 0 aromatic carbocycles. The standard InChI is InChI=1S/C5H11N.H2/c1-5-2-3-6-4-5;/h5-6H,2-4H2,1H3;1H/t5-;/m1./s1. The maximum absolute atomic E-state index is 3.27. The molecule has 0 aliphatic carbocycles. The number of nitrogens with one attached hydrogen (secondary N) is 1. The number of hydrogen-bond donors (Lipinski definition) is 1. The van der Waals surface area contributed by atoms with Crippen LogP contribution < -0.4 is 5.32 Å². The number of hydrogen-bond acceptors (Lipinski definition) is 1. The van der Waals surface area contributed by atoms with E-state index in [9.17, 15) is 0 Å². The van der Waals surface area contributed by atoms with E-state index >= 15 is 0 Å². The van der Waals surface area contributed by atoms with E-state index in [1.807, 2.05) is 0 Å². The third kappa shape index (κ3) is 0.716. The second kappa shape index (κ2) is 1.61. The molecule has 0 aromatic rings. The lowest BCUT2D eigenvalue weighted by Crippen LogP contribution is -2.06. The van der Waals surface area contributed by atoms with Gasteiger partial charge in [-0.1, -0.05) is 6.92 Å². The zero-order valence-corrected chi connectivity index (χ0v) is 4.20. The molecule has 1 heteroatoms. The molecule has 0 spiro atoms. The molecule has 1 aliphatic heterocycles. The van der Waals surface area contributed by atoms with Crippen molar-refractivity contribution in [1.82, 2.24) is 5.32 Å². The minimum atomic E-state index is 0. The SMILES string of the molecule is C[C@@H]1CCNC1.[HH]. The summed E-state index contributed by atoms with van der Waals surface area (Å²) in [6, 6.07) is 0. The summed E-state index contributed by atoms with van der Waals surface area (Å²) < 4.78 is 0. The highest BCUT2D eigenvalue weighted by Gasteiger charge is 2.06. The molecule has 1 nitrogen and oxygen atoms in total. The van der Waals surface area contributed by atoms with Gasteiger partial charge in [-0.3, -0.25) is 0 Å². The third-order valence-electron chi connectivity index (χ3n) is 1.31. The van der Waals surface area contributed by atoms with E-state index < -0.39 is 0 Å². The number of rotatable bonds is 0. The second-order valence-electron chi connectivity index (χ2n) is 2.10. The highest BCUT2D eigenvalue weighted by molar-refractivity contribution is 4.65. The highest BCUT2D eigenvalue weighted by atomic mass is 14.9. The molecule has 1 N–H and O–H groups in total. The van der Waals surface area contributed by atoms with E-state index in [0.29, 0.717) is 0 Å². The van der Waals surface area contributed by atoms with Crippen molar-refractivity contribution in [2.24, 2.45) is 5.92 Å². The van der Waals surface area contributed by atoms with Crippen LogP contribution >= 0.6 is 0 Å². The van der Waals surface area contributed by atoms with Gasteiger partial charge >= 0.3 is 0 Å². The molecule has 1 heterocycles. The van der Waals surface area contributed by atoms with E-state index in [1.54, 1.807) is 0 Å². The summed E-state index contributed by atoms with van der Waals surface area (Å²) in [6.07, 6.45) is 1.38. The molecule has 1 fully saturated rings. The van der Waals surface area contributed by atoms with Gasteiger partial charge in [-0.25, -0.2) is 0 Å². The molecule has 0 aromatic heterocycles. The van der Waals surface area contributed by atoms with Crippen LogP contribution in [0.1, 0.15) is 14.8 Å². The summed E-state index contributed by atoms with van der Waals surface area (Å²) in [4.78, 5) is 0. The van der Waals surface area contributed by atoms with Crippen molar-refractivity contribution in [1.29, 1.82) is 0 Å². The highest BCUT2D eigenvalue weighted by Crippen LogP contribution is 2.03. The molecule has 38 valence electrons. The van der Waals surface area contributed by atoms with Crippen LogP contribution in [-0.4, -0.2) is 13.1 Å². The maximum atomic E-state index is 3.27. The largest absolute Gasteiger partial charge is 0.316 e. The van der Waals surface area contributed by atoms with Gasteiger partial charge in [0.15, 0.2) is 0 Å². The Hall–Kier alpha value is -0.0400. The van der Waals surface area contributed by atoms with Gasteiger partial charge < -0.3 is 5.32 Å². The fourth-order valence-corrected chi connectivity index (χ4v) is 0.799. The summed E-state index contributed by atoms with van der Waals surface area (Å²) in [6.45, 7) is 4.75. The lowest BCUT2D eigenvalue weighted by atomic mass is 10.2. The molecular formula is C5H13N. The van der Waals surface area contributed by atoms with Crippen molar-refractivity contribution >= 4 is 0 Å². The lowest BCUT2D eigenvalue weighted by Gasteiger charge is -1.90. The molecule has 0 unspecified atom stereocenters. The van der Waals surface area contributed by atoms with E-state index in [0.717, 1.165) is 5.92 Å². The summed E-state index contributed by atoms with van der Waals surface area (Å²) >= 11 is 0. The van der Waals surface area contributed by atoms with Crippen molar-refractivity contribution in [3.05, 3.63) is 0 Å². The molecule has 1 atom stereocenters. The zero-order chi connectivity index (χ0) is 4.41. The Morgan fingerprint density at radius 2 is 2.67 bits per heavy atom. The molecular weight excluding hydrogens is 74.1 g/mol. The molecule has 0 amide bonds. The fraction of sp³-hybridized carbons (Fsp3) is 1.00. The average Bonchev–Trinajstić information content (AvgIpc) is 1.86. The first kappa shape index (κ1) is 4.13. The topological polar surface area (TPSA) is 12.0 Å². The quantitative estimate of drug-likeness (QED) is 0.462. The summed E-state index contributed by atoms with van der Waals surface area (Å²) in [7, 11) is 0. The third-order valence-corrected chi connectivity index (χ3v) is 1.31. The first-order chi connectivity index (χ1) is 2.89. The monoisotopic (exact) mass is 87.1 g/mol. The molecule has 1 aliphatic rings. The lowest BCUT2D eigenvalue weighted by molar-refractivity contribution is 0.651. The van der Waals surface area contributed by atoms with Crippen LogP contribution in [0.2, 0.25) is 0 Å². The molecule has 1 rings (SSSR count). The zero-order valence-electron chi connectivity index (χ0n) is 4.20. The average molecular weight is 87.2 g/mol. The minimum Gasteiger partial charge on any atom is -0.316 e. The molecule has 1 saturated heterocycles. The van der Waals surface area contributed by atoms with Crippen molar-refractivity contribution in [3.63, 3.8) is 0 Å². The van der Waals surface area contributed by atoms with Crippen molar-refractivity contribution in [3.8, 4) is 0 Å². The summed E-state index contributed by atoms with van der Waals surface area (Å²) in [5.41, 5.74) is 0. The second-order valence-corrected chi connectivity index (χ2v) is 2.10. The first-order valence-electron chi connectivity index (χ1n) is 2.60. The van der Waals surface area contributed by atoms with E-state index in [4.69, 9.17) is 0 Å². The smallest absolute Gasteiger partial charge is 0 e. The van der Waals surface area contributed by atoms with Gasteiger partial charge in [0.1, 0.15) is 0 Å². The van der Waals surface area contributed by atoms with Crippen molar-refractivity contribution in [2.75, 3.05) is 13.1 Å². The Labute approximate surface area is 40.2 Å². The van der Waals surface area contributed by atoms with Crippen LogP contribution in [0.3, 0.4) is 0 Å². The van der Waals surface area contributed by atoms with Gasteiger partial charge in [0.05, 0.1) is 0 Å². The van der Waals surface area contributed by atoms with Gasteiger partial charge in [-0.05, 0) is 25.4 Å². The van der Waals surface area contributed by atoms with Gasteiger partial charge in [-0.2, -0.15) is 0 Å². The van der Waals surface area contributed by atoms with E-state index in [1.165, 1.54) is 19.5 Å². The molecule has 0 saturated carbocycles. The van der Waals surface area contributed by atoms with Crippen LogP contribution in [0, 0.1) is 5.92 Å². The van der Waals surface area contributed by atoms with Gasteiger partial charge in [0.25, 0.3) is 0 Å². The van der Waals surface area contributed by atoms with E-state index in [-0.39, 0.29) is 1.43 Å². The van der Waals surface area contributed by atoms with E-state index in [2.05, 4.69) is 12.2 Å². The first-order valence-corrected chi connectivity index (χ1v) is 2.60. The predicted molar refractivity (Wildman–Crippen MR) is 28.8 cm³/mol. The van der Waals surface area contributed by atoms with Crippen LogP contribution in [0.15, 0.2) is 0 Å². The van der Waals surface area contributed by atoms with Crippen LogP contribution in [0.25, 0.3) is 0 Å². The normalized spacial score (nSPS) is 34.5. The summed E-state index contributed by atoms with van der Waals surface area (Å²) in [5.74, 6) is 0.935. The van der Waals surface area contributed by atoms with Crippen molar-refractivity contribution in [2.45, 2.75) is 13.3 Å². The Bertz CT molecular complexity index is 41.3. The Morgan fingerprint density at radius 3 is 2.83 bits per heavy atom. The van der Waals surface area contributed by atoms with Crippen LogP contribution in [-0.2, 0) is 0 Å². The van der Waals surface area contributed by atoms with Gasteiger partial charge in [0, 0.05) is 1.43 Å². The molecule has 6 heavy (non-hydrogen) atoms. The van der Waals surface area contributed by atoms with Crippen LogP contribution in [0.5, 0.6) is 0 Å². The minimum absolute atomic E-state index is 0. The fourth-order valence-electron chi connectivity index (χ4n) is 0.799. The van der Waals surface area contributed by atoms with Gasteiger partial charge in [-0.15, -0.1) is 0 Å². The van der Waals surface area contributed by atoms with Gasteiger partial charge in [0.2, 0.25) is 0 Å². The van der Waals surface area contributed by atoms with Crippen molar-refractivity contribution < 1.29 is 1.43 Å². The molecule has 0 bridgehead atoms. The van der Waals surface area contributed by atoms with Crippen LogP contribution in [0.4, 0.5) is 0 Å². The maximum Gasteiger partial charge on any atom is 0 e. The Morgan fingerprint density at radius 1 is 1.83 bits per heavy atom. The summed E-state index contributed by atoms with van der Waals surface area (Å²) in [5, 5.41) is 3.27. The molecule has 0 radical (unpaired) electrons. The predicted octanol–water partition coefficient (Wildman–Crippen LogP) is 0.862.